The summed E-state index contributed by atoms with van der Waals surface area (Å²) in [5.41, 5.74) is 2.39. The highest BCUT2D eigenvalue weighted by atomic mass is 19.4. The topological polar surface area (TPSA) is 82.1 Å². The number of hydrogen-bond acceptors (Lipinski definition) is 7. The first-order valence-corrected chi connectivity index (χ1v) is 20.8. The van der Waals surface area contributed by atoms with Crippen molar-refractivity contribution in [2.45, 2.75) is 135 Å². The molecule has 0 saturated heterocycles. The average Bonchev–Trinajstić information content (AvgIpc) is 3.57. The first-order valence-electron chi connectivity index (χ1n) is 20.8. The van der Waals surface area contributed by atoms with Gasteiger partial charge in [-0.1, -0.05) is 55.3 Å². The monoisotopic (exact) mass is 781 g/mol. The Morgan fingerprint density at radius 1 is 1.02 bits per heavy atom. The molecule has 0 aromatic heterocycles. The summed E-state index contributed by atoms with van der Waals surface area (Å²) < 4.78 is 55.2. The SMILES string of the molecule is CCC12CCCC34CCC(OC(=O)CCC=O)CC3=CCC(C4)C1CCC2C=O.COC(C)N(C)CCCC(Oc1ccc(C(F)(F)F)cc1)c1ccccc1. The molecule has 0 aliphatic heterocycles. The number of carbonyl (C=O) groups is 3. The predicted octanol–water partition coefficient (Wildman–Crippen LogP) is 10.7. The summed E-state index contributed by atoms with van der Waals surface area (Å²) in [6.07, 6.45) is 14.4. The minimum absolute atomic E-state index is 0.0197. The molecule has 0 radical (unpaired) electrons. The lowest BCUT2D eigenvalue weighted by atomic mass is 9.52. The van der Waals surface area contributed by atoms with Gasteiger partial charge in [-0.05, 0) is 137 Å². The van der Waals surface area contributed by atoms with E-state index in [1.54, 1.807) is 7.11 Å². The number of nitrogens with zero attached hydrogens (tertiary/aromatic N) is 1. The number of carbonyl (C=O) groups excluding carboxylic acids is 3. The number of hydrogen-bond donors (Lipinski definition) is 0. The van der Waals surface area contributed by atoms with Crippen LogP contribution in [0, 0.1) is 28.6 Å². The smallest absolute Gasteiger partial charge is 0.416 e. The van der Waals surface area contributed by atoms with Crippen molar-refractivity contribution in [3.8, 4) is 5.75 Å². The maximum absolute atomic E-state index is 12.7. The van der Waals surface area contributed by atoms with Crippen molar-refractivity contribution in [1.29, 1.82) is 0 Å². The molecule has 4 aliphatic rings. The molecule has 56 heavy (non-hydrogen) atoms. The number of allylic oxidation sites excluding steroid dienone is 1. The van der Waals surface area contributed by atoms with Crippen LogP contribution in [0.4, 0.5) is 13.2 Å². The Balaban J connectivity index is 0.000000215. The molecule has 6 rings (SSSR count). The molecule has 2 aromatic rings. The number of methoxy groups -OCH3 is 1. The van der Waals surface area contributed by atoms with Gasteiger partial charge in [-0.3, -0.25) is 9.69 Å². The van der Waals surface area contributed by atoms with Crippen molar-refractivity contribution in [2.75, 3.05) is 20.7 Å². The molecule has 0 N–H and O–H groups in total. The van der Waals surface area contributed by atoms with Crippen LogP contribution in [0.1, 0.15) is 127 Å². The lowest BCUT2D eigenvalue weighted by Crippen LogP contribution is -2.45. The van der Waals surface area contributed by atoms with E-state index >= 15 is 0 Å². The van der Waals surface area contributed by atoms with Crippen molar-refractivity contribution in [3.63, 3.8) is 0 Å². The van der Waals surface area contributed by atoms with E-state index in [0.29, 0.717) is 23.0 Å². The maximum atomic E-state index is 12.7. The third kappa shape index (κ3) is 10.5. The first-order chi connectivity index (χ1) is 26.9. The van der Waals surface area contributed by atoms with Crippen LogP contribution in [-0.4, -0.2) is 56.5 Å². The van der Waals surface area contributed by atoms with E-state index in [1.807, 2.05) is 44.3 Å². The van der Waals surface area contributed by atoms with E-state index in [2.05, 4.69) is 17.9 Å². The third-order valence-corrected chi connectivity index (χ3v) is 13.7. The van der Waals surface area contributed by atoms with E-state index in [-0.39, 0.29) is 48.6 Å². The Morgan fingerprint density at radius 3 is 2.43 bits per heavy atom. The molecule has 0 heterocycles. The average molecular weight is 782 g/mol. The van der Waals surface area contributed by atoms with Gasteiger partial charge >= 0.3 is 12.1 Å². The van der Waals surface area contributed by atoms with Gasteiger partial charge in [0.1, 0.15) is 36.8 Å². The lowest BCUT2D eigenvalue weighted by Gasteiger charge is -2.53. The maximum Gasteiger partial charge on any atom is 0.416 e. The molecular weight excluding hydrogens is 720 g/mol. The molecule has 8 unspecified atom stereocenters. The largest absolute Gasteiger partial charge is 0.486 e. The minimum atomic E-state index is -4.35. The molecule has 8 atom stereocenters. The van der Waals surface area contributed by atoms with Crippen LogP contribution in [-0.2, 0) is 30.0 Å². The number of rotatable bonds is 15. The zero-order valence-corrected chi connectivity index (χ0v) is 33.7. The van der Waals surface area contributed by atoms with Gasteiger partial charge in [-0.25, -0.2) is 0 Å². The standard InChI is InChI=1S/C25H36O4.C21H26F3NO2/c1-2-25-12-4-11-24-13-10-21(29-23(28)5-3-14-26)15-19(24)7-6-18(16-24)22(25)9-8-20(25)17-27;1-16(26-3)25(2)15-7-10-20(17-8-5-4-6-9-17)27-19-13-11-18(12-14-19)21(22,23)24/h7,14,17-18,20-22H,2-6,8-13,15-16H2,1H3;4-6,8-9,11-14,16,20H,7,10,15H2,1-3H3. The fourth-order valence-electron chi connectivity index (χ4n) is 10.5. The van der Waals surface area contributed by atoms with Gasteiger partial charge in [0.15, 0.2) is 0 Å². The van der Waals surface area contributed by atoms with Gasteiger partial charge in [0.25, 0.3) is 0 Å². The third-order valence-electron chi connectivity index (χ3n) is 13.7. The quantitative estimate of drug-likeness (QED) is 0.0770. The van der Waals surface area contributed by atoms with Crippen LogP contribution in [0.2, 0.25) is 0 Å². The number of fused-ring (bicyclic) bond motifs is 3. The molecule has 3 saturated carbocycles. The molecular formula is C46H62F3NO6. The van der Waals surface area contributed by atoms with Gasteiger partial charge < -0.3 is 23.8 Å². The Hall–Kier alpha value is -3.50. The lowest BCUT2D eigenvalue weighted by molar-refractivity contribution is -0.151. The van der Waals surface area contributed by atoms with Crippen LogP contribution in [0.3, 0.4) is 0 Å². The van der Waals surface area contributed by atoms with E-state index in [1.165, 1.54) is 56.1 Å². The summed E-state index contributed by atoms with van der Waals surface area (Å²) in [4.78, 5) is 36.4. The molecule has 308 valence electrons. The predicted molar refractivity (Wildman–Crippen MR) is 211 cm³/mol. The molecule has 2 aromatic carbocycles. The number of esters is 1. The Labute approximate surface area is 331 Å². The fourth-order valence-corrected chi connectivity index (χ4v) is 10.5. The van der Waals surface area contributed by atoms with E-state index < -0.39 is 11.7 Å². The fraction of sp³-hybridized carbons (Fsp3) is 0.630. The highest BCUT2D eigenvalue weighted by Crippen LogP contribution is 2.63. The van der Waals surface area contributed by atoms with Crippen molar-refractivity contribution in [1.82, 2.24) is 4.90 Å². The number of aldehydes is 2. The number of alkyl halides is 3. The molecule has 2 bridgehead atoms. The molecule has 10 heteroatoms. The highest BCUT2D eigenvalue weighted by Gasteiger charge is 2.55. The Kier molecular flexibility index (Phi) is 15.4. The zero-order chi connectivity index (χ0) is 40.3. The van der Waals surface area contributed by atoms with Crippen molar-refractivity contribution >= 4 is 18.5 Å². The molecule has 7 nitrogen and oxygen atoms in total. The van der Waals surface area contributed by atoms with Gasteiger partial charge in [0.05, 0.1) is 12.0 Å². The van der Waals surface area contributed by atoms with Gasteiger partial charge in [-0.2, -0.15) is 13.2 Å². The Bertz CT molecular complexity index is 1600. The Morgan fingerprint density at radius 2 is 1.77 bits per heavy atom. The summed E-state index contributed by atoms with van der Waals surface area (Å²) >= 11 is 0. The summed E-state index contributed by atoms with van der Waals surface area (Å²) in [7, 11) is 3.66. The van der Waals surface area contributed by atoms with Crippen molar-refractivity contribution < 1.29 is 41.8 Å². The minimum Gasteiger partial charge on any atom is -0.486 e. The van der Waals surface area contributed by atoms with Crippen molar-refractivity contribution in [2.24, 2.45) is 28.6 Å². The van der Waals surface area contributed by atoms with Gasteiger partial charge in [-0.15, -0.1) is 0 Å². The van der Waals surface area contributed by atoms with Crippen LogP contribution in [0.5, 0.6) is 5.75 Å². The second-order valence-electron chi connectivity index (χ2n) is 16.6. The summed E-state index contributed by atoms with van der Waals surface area (Å²) in [6, 6.07) is 14.6. The summed E-state index contributed by atoms with van der Waals surface area (Å²) in [5.74, 6) is 1.85. The summed E-state index contributed by atoms with van der Waals surface area (Å²) in [6.45, 7) is 5.11. The number of benzene rings is 2. The normalized spacial score (nSPS) is 28.2. The second kappa shape index (κ2) is 19.8. The van der Waals surface area contributed by atoms with Crippen LogP contribution < -0.4 is 4.74 Å². The molecule has 3 fully saturated rings. The van der Waals surface area contributed by atoms with Crippen LogP contribution in [0.15, 0.2) is 66.2 Å². The highest BCUT2D eigenvalue weighted by molar-refractivity contribution is 5.72. The van der Waals surface area contributed by atoms with Gasteiger partial charge in [0, 0.05) is 32.4 Å². The molecule has 0 amide bonds. The second-order valence-corrected chi connectivity index (χ2v) is 16.6. The van der Waals surface area contributed by atoms with E-state index in [0.717, 1.165) is 81.9 Å². The van der Waals surface area contributed by atoms with Crippen molar-refractivity contribution in [3.05, 3.63) is 77.4 Å². The molecule has 4 aliphatic carbocycles. The summed E-state index contributed by atoms with van der Waals surface area (Å²) in [5, 5.41) is 0. The number of halogens is 3. The van der Waals surface area contributed by atoms with E-state index in [4.69, 9.17) is 14.2 Å². The van der Waals surface area contributed by atoms with E-state index in [9.17, 15) is 27.6 Å². The van der Waals surface area contributed by atoms with Crippen LogP contribution >= 0.6 is 0 Å². The van der Waals surface area contributed by atoms with Gasteiger partial charge in [0.2, 0.25) is 0 Å². The number of ether oxygens (including phenoxy) is 3. The first kappa shape index (κ1) is 43.6. The van der Waals surface area contributed by atoms with Crippen LogP contribution in [0.25, 0.3) is 0 Å². The zero-order valence-electron chi connectivity index (χ0n) is 33.7. The molecule has 1 spiro atoms.